The second kappa shape index (κ2) is 8.39. The van der Waals surface area contributed by atoms with Crippen LogP contribution in [-0.2, 0) is 11.3 Å². The molecule has 1 aliphatic heterocycles. The van der Waals surface area contributed by atoms with Crippen LogP contribution in [0.1, 0.15) is 38.7 Å². The van der Waals surface area contributed by atoms with Crippen molar-refractivity contribution >= 4 is 17.4 Å². The maximum Gasteiger partial charge on any atom is 0.471 e. The predicted octanol–water partition coefficient (Wildman–Crippen LogP) is 2.74. The van der Waals surface area contributed by atoms with Crippen molar-refractivity contribution in [3.05, 3.63) is 23.8 Å². The average molecular weight is 372 g/mol. The van der Waals surface area contributed by atoms with Crippen molar-refractivity contribution in [2.75, 3.05) is 0 Å². The second-order valence-corrected chi connectivity index (χ2v) is 6.15. The first-order chi connectivity index (χ1) is 12.2. The van der Waals surface area contributed by atoms with Gasteiger partial charge in [0.2, 0.25) is 0 Å². The lowest BCUT2D eigenvalue weighted by molar-refractivity contribution is -0.174. The maximum absolute atomic E-state index is 12.5. The van der Waals surface area contributed by atoms with Crippen LogP contribution in [0.3, 0.4) is 0 Å². The normalized spacial score (nSPS) is 17.7. The summed E-state index contributed by atoms with van der Waals surface area (Å²) in [4.78, 5) is 15.5. The standard InChI is InChI=1S/C17H23F3N4O2/c1-3-4-5-14(24-16(25)17(18,19)20)22-9-11-6-7-13-12(8-11)23-15(21)10(2)26-13/h6-8,10,14,22H,3-5,9H2,1-2H3,(H2,21,23)(H,24,25). The highest BCUT2D eigenvalue weighted by molar-refractivity contribution is 5.89. The van der Waals surface area contributed by atoms with Crippen LogP contribution in [0.5, 0.6) is 5.75 Å². The molecular weight excluding hydrogens is 349 g/mol. The summed E-state index contributed by atoms with van der Waals surface area (Å²) in [5.74, 6) is -0.986. The smallest absolute Gasteiger partial charge is 0.471 e. The summed E-state index contributed by atoms with van der Waals surface area (Å²) < 4.78 is 43.0. The number of halogens is 3. The third-order valence-corrected chi connectivity index (χ3v) is 3.95. The Morgan fingerprint density at radius 3 is 2.81 bits per heavy atom. The molecule has 2 rings (SSSR count). The van der Waals surface area contributed by atoms with E-state index in [0.717, 1.165) is 12.0 Å². The van der Waals surface area contributed by atoms with Crippen LogP contribution < -0.4 is 21.1 Å². The van der Waals surface area contributed by atoms with Crippen molar-refractivity contribution in [2.45, 2.75) is 58.1 Å². The van der Waals surface area contributed by atoms with Crippen molar-refractivity contribution < 1.29 is 22.7 Å². The summed E-state index contributed by atoms with van der Waals surface area (Å²) in [6, 6.07) is 5.29. The first-order valence-electron chi connectivity index (χ1n) is 8.45. The topological polar surface area (TPSA) is 88.7 Å². The molecule has 1 aliphatic rings. The van der Waals surface area contributed by atoms with Gasteiger partial charge in [-0.15, -0.1) is 0 Å². The Morgan fingerprint density at radius 2 is 2.15 bits per heavy atom. The molecular formula is C17H23F3N4O2. The van der Waals surface area contributed by atoms with E-state index in [1.54, 1.807) is 25.1 Å². The van der Waals surface area contributed by atoms with Gasteiger partial charge in [0.1, 0.15) is 17.3 Å². The molecule has 1 aromatic carbocycles. The van der Waals surface area contributed by atoms with Crippen molar-refractivity contribution in [2.24, 2.45) is 10.7 Å². The molecule has 0 aromatic heterocycles. The molecule has 0 aliphatic carbocycles. The summed E-state index contributed by atoms with van der Waals surface area (Å²) in [7, 11) is 0. The van der Waals surface area contributed by atoms with E-state index in [1.807, 2.05) is 12.2 Å². The minimum Gasteiger partial charge on any atom is -0.481 e. The highest BCUT2D eigenvalue weighted by Gasteiger charge is 2.39. The van der Waals surface area contributed by atoms with Gasteiger partial charge in [-0.2, -0.15) is 13.2 Å². The lowest BCUT2D eigenvalue weighted by Gasteiger charge is -2.23. The van der Waals surface area contributed by atoms with Crippen LogP contribution in [0, 0.1) is 0 Å². The zero-order chi connectivity index (χ0) is 19.3. The van der Waals surface area contributed by atoms with E-state index in [0.29, 0.717) is 30.1 Å². The van der Waals surface area contributed by atoms with Gasteiger partial charge in [0.25, 0.3) is 0 Å². The van der Waals surface area contributed by atoms with Gasteiger partial charge >= 0.3 is 12.1 Å². The zero-order valence-corrected chi connectivity index (χ0v) is 14.7. The molecule has 2 unspecified atom stereocenters. The third kappa shape index (κ3) is 5.35. The van der Waals surface area contributed by atoms with Gasteiger partial charge in [-0.1, -0.05) is 25.8 Å². The largest absolute Gasteiger partial charge is 0.481 e. The van der Waals surface area contributed by atoms with Crippen LogP contribution in [0.2, 0.25) is 0 Å². The predicted molar refractivity (Wildman–Crippen MR) is 92.2 cm³/mol. The van der Waals surface area contributed by atoms with Gasteiger partial charge in [-0.3, -0.25) is 10.1 Å². The van der Waals surface area contributed by atoms with Crippen molar-refractivity contribution in [1.29, 1.82) is 0 Å². The number of aliphatic imine (C=N–C) groups is 1. The molecule has 0 radical (unpaired) electrons. The fourth-order valence-electron chi connectivity index (χ4n) is 2.46. The minimum absolute atomic E-state index is 0.269. The molecule has 9 heteroatoms. The summed E-state index contributed by atoms with van der Waals surface area (Å²) >= 11 is 0. The number of alkyl halides is 3. The van der Waals surface area contributed by atoms with Crippen LogP contribution in [-0.4, -0.2) is 30.2 Å². The number of amidine groups is 1. The number of carbonyl (C=O) groups is 1. The lowest BCUT2D eigenvalue weighted by atomic mass is 10.1. The van der Waals surface area contributed by atoms with Crippen LogP contribution >= 0.6 is 0 Å². The molecule has 0 saturated heterocycles. The molecule has 0 spiro atoms. The maximum atomic E-state index is 12.5. The Hall–Kier alpha value is -2.29. The van der Waals surface area contributed by atoms with E-state index in [4.69, 9.17) is 10.5 Å². The summed E-state index contributed by atoms with van der Waals surface area (Å²) in [5.41, 5.74) is 7.14. The quantitative estimate of drug-likeness (QED) is 0.642. The third-order valence-electron chi connectivity index (χ3n) is 3.95. The van der Waals surface area contributed by atoms with Gasteiger partial charge in [-0.25, -0.2) is 4.99 Å². The average Bonchev–Trinajstić information content (AvgIpc) is 2.57. The molecule has 6 nitrogen and oxygen atoms in total. The fourth-order valence-corrected chi connectivity index (χ4v) is 2.46. The van der Waals surface area contributed by atoms with E-state index in [1.165, 1.54) is 0 Å². The molecule has 2 atom stereocenters. The zero-order valence-electron chi connectivity index (χ0n) is 14.7. The highest BCUT2D eigenvalue weighted by atomic mass is 19.4. The van der Waals surface area contributed by atoms with E-state index in [-0.39, 0.29) is 12.6 Å². The Morgan fingerprint density at radius 1 is 1.42 bits per heavy atom. The Balaban J connectivity index is 2.02. The molecule has 144 valence electrons. The minimum atomic E-state index is -4.90. The fraction of sp³-hybridized carbons (Fsp3) is 0.529. The van der Waals surface area contributed by atoms with E-state index in [2.05, 4.69) is 10.3 Å². The van der Waals surface area contributed by atoms with E-state index >= 15 is 0 Å². The van der Waals surface area contributed by atoms with Crippen molar-refractivity contribution in [1.82, 2.24) is 10.6 Å². The highest BCUT2D eigenvalue weighted by Crippen LogP contribution is 2.32. The Labute approximate surface area is 150 Å². The number of rotatable bonds is 7. The molecule has 4 N–H and O–H groups in total. The summed E-state index contributed by atoms with van der Waals surface area (Å²) in [6.07, 6.45) is -4.09. The SMILES string of the molecule is CCCCC(NCc1ccc2c(c1)N=C(N)C(C)O2)NC(=O)C(F)(F)F. The van der Waals surface area contributed by atoms with E-state index < -0.39 is 18.2 Å². The number of hydrogen-bond donors (Lipinski definition) is 3. The number of carbonyl (C=O) groups excluding carboxylic acids is 1. The molecule has 1 aromatic rings. The van der Waals surface area contributed by atoms with E-state index in [9.17, 15) is 18.0 Å². The van der Waals surface area contributed by atoms with Gasteiger partial charge in [0, 0.05) is 6.54 Å². The number of unbranched alkanes of at least 4 members (excludes halogenated alkanes) is 1. The van der Waals surface area contributed by atoms with Crippen molar-refractivity contribution in [3.8, 4) is 5.75 Å². The van der Waals surface area contributed by atoms with Gasteiger partial charge < -0.3 is 15.8 Å². The molecule has 26 heavy (non-hydrogen) atoms. The number of amides is 1. The number of nitrogens with two attached hydrogens (primary N) is 1. The van der Waals surface area contributed by atoms with Crippen molar-refractivity contribution in [3.63, 3.8) is 0 Å². The summed E-state index contributed by atoms with van der Waals surface area (Å²) in [6.45, 7) is 3.99. The molecule has 1 heterocycles. The number of nitrogens with one attached hydrogen (secondary N) is 2. The van der Waals surface area contributed by atoms with Gasteiger partial charge in [0.05, 0.1) is 6.17 Å². The van der Waals surface area contributed by atoms with Gasteiger partial charge in [-0.05, 0) is 31.0 Å². The van der Waals surface area contributed by atoms with Crippen LogP contribution in [0.25, 0.3) is 0 Å². The lowest BCUT2D eigenvalue weighted by Crippen LogP contribution is -2.49. The monoisotopic (exact) mass is 372 g/mol. The van der Waals surface area contributed by atoms with Gasteiger partial charge in [0.15, 0.2) is 6.10 Å². The second-order valence-electron chi connectivity index (χ2n) is 6.15. The number of benzene rings is 1. The summed E-state index contributed by atoms with van der Waals surface area (Å²) in [5, 5.41) is 4.94. The molecule has 0 bridgehead atoms. The molecule has 1 amide bonds. The Kier molecular flexibility index (Phi) is 6.47. The molecule has 0 saturated carbocycles. The first-order valence-corrected chi connectivity index (χ1v) is 8.45. The van der Waals surface area contributed by atoms with Crippen LogP contribution in [0.4, 0.5) is 18.9 Å². The number of fused-ring (bicyclic) bond motifs is 1. The molecule has 0 fully saturated rings. The number of nitrogens with zero attached hydrogens (tertiary/aromatic N) is 1. The first kappa shape index (κ1) is 20.0. The Bertz CT molecular complexity index is 676. The van der Waals surface area contributed by atoms with Crippen LogP contribution in [0.15, 0.2) is 23.2 Å². The number of ether oxygens (including phenoxy) is 1. The number of hydrogen-bond acceptors (Lipinski definition) is 5.